The molecular weight excluding hydrogens is 321 g/mol. The van der Waals surface area contributed by atoms with Crippen molar-refractivity contribution in [1.82, 2.24) is 15.1 Å². The number of halogens is 2. The van der Waals surface area contributed by atoms with Gasteiger partial charge >= 0.3 is 0 Å². The SMILES string of the molecule is Cc1cc(C(=O)NC2CCOC2c2ccc(Cl)c(F)c2)n(C)n1. The summed E-state index contributed by atoms with van der Waals surface area (Å²) in [6.45, 7) is 2.33. The van der Waals surface area contributed by atoms with E-state index in [-0.39, 0.29) is 23.1 Å². The second-order valence-corrected chi connectivity index (χ2v) is 6.04. The molecule has 2 atom stereocenters. The Morgan fingerprint density at radius 1 is 1.48 bits per heavy atom. The molecular formula is C16H17ClFN3O2. The molecule has 2 heterocycles. The quantitative estimate of drug-likeness (QED) is 0.937. The Bertz CT molecular complexity index is 747. The van der Waals surface area contributed by atoms with Gasteiger partial charge < -0.3 is 10.1 Å². The second-order valence-electron chi connectivity index (χ2n) is 5.63. The number of ether oxygens (including phenoxy) is 1. The fraction of sp³-hybridized carbons (Fsp3) is 0.375. The number of nitrogens with one attached hydrogen (secondary N) is 1. The van der Waals surface area contributed by atoms with Gasteiger partial charge in [-0.2, -0.15) is 5.10 Å². The summed E-state index contributed by atoms with van der Waals surface area (Å²) in [6, 6.07) is 6.07. The van der Waals surface area contributed by atoms with Gasteiger partial charge in [-0.1, -0.05) is 17.7 Å². The molecule has 1 fully saturated rings. The topological polar surface area (TPSA) is 56.1 Å². The molecule has 3 rings (SSSR count). The number of amides is 1. The van der Waals surface area contributed by atoms with E-state index < -0.39 is 5.82 Å². The Hall–Kier alpha value is -1.92. The predicted molar refractivity (Wildman–Crippen MR) is 83.9 cm³/mol. The van der Waals surface area contributed by atoms with Gasteiger partial charge in [-0.3, -0.25) is 9.48 Å². The number of carbonyl (C=O) groups excluding carboxylic acids is 1. The van der Waals surface area contributed by atoms with Crippen LogP contribution in [0, 0.1) is 12.7 Å². The minimum Gasteiger partial charge on any atom is -0.371 e. The molecule has 1 aliphatic rings. The zero-order valence-corrected chi connectivity index (χ0v) is 13.6. The molecule has 1 N–H and O–H groups in total. The molecule has 2 aromatic rings. The zero-order valence-electron chi connectivity index (χ0n) is 12.8. The molecule has 5 nitrogen and oxygen atoms in total. The minimum absolute atomic E-state index is 0.0673. The number of rotatable bonds is 3. The fourth-order valence-corrected chi connectivity index (χ4v) is 2.94. The van der Waals surface area contributed by atoms with Crippen LogP contribution >= 0.6 is 11.6 Å². The van der Waals surface area contributed by atoms with Crippen LogP contribution in [0.15, 0.2) is 24.3 Å². The standard InChI is InChI=1S/C16H17ClFN3O2/c1-9-7-14(21(2)20-9)16(22)19-13-5-6-23-15(13)10-3-4-11(17)12(18)8-10/h3-4,7-8,13,15H,5-6H2,1-2H3,(H,19,22). The van der Waals surface area contributed by atoms with Crippen LogP contribution in [0.1, 0.15) is 34.3 Å². The summed E-state index contributed by atoms with van der Waals surface area (Å²) in [5.74, 6) is -0.713. The highest BCUT2D eigenvalue weighted by Gasteiger charge is 2.32. The van der Waals surface area contributed by atoms with Crippen LogP contribution in [0.3, 0.4) is 0 Å². The van der Waals surface area contributed by atoms with Crippen molar-refractivity contribution in [3.63, 3.8) is 0 Å². The largest absolute Gasteiger partial charge is 0.371 e. The third-order valence-electron chi connectivity index (χ3n) is 3.92. The van der Waals surface area contributed by atoms with Gasteiger partial charge in [0.15, 0.2) is 0 Å². The Labute approximate surface area is 138 Å². The van der Waals surface area contributed by atoms with Crippen molar-refractivity contribution in [2.75, 3.05) is 6.61 Å². The molecule has 0 radical (unpaired) electrons. The summed E-state index contributed by atoms with van der Waals surface area (Å²) < 4.78 is 20.9. The lowest BCUT2D eigenvalue weighted by molar-refractivity contribution is 0.0814. The lowest BCUT2D eigenvalue weighted by Crippen LogP contribution is -2.37. The van der Waals surface area contributed by atoms with E-state index in [0.29, 0.717) is 24.3 Å². The van der Waals surface area contributed by atoms with Crippen molar-refractivity contribution in [2.24, 2.45) is 7.05 Å². The highest BCUT2D eigenvalue weighted by molar-refractivity contribution is 6.30. The van der Waals surface area contributed by atoms with Gasteiger partial charge in [0.05, 0.1) is 16.8 Å². The molecule has 1 aromatic heterocycles. The molecule has 23 heavy (non-hydrogen) atoms. The van der Waals surface area contributed by atoms with Crippen LogP contribution in [0.5, 0.6) is 0 Å². The van der Waals surface area contributed by atoms with Crippen LogP contribution in [0.4, 0.5) is 4.39 Å². The maximum atomic E-state index is 13.7. The smallest absolute Gasteiger partial charge is 0.269 e. The highest BCUT2D eigenvalue weighted by atomic mass is 35.5. The third kappa shape index (κ3) is 3.23. The van der Waals surface area contributed by atoms with Crippen LogP contribution in [-0.4, -0.2) is 28.3 Å². The van der Waals surface area contributed by atoms with E-state index in [1.54, 1.807) is 19.2 Å². The predicted octanol–water partition coefficient (Wildman–Crippen LogP) is 2.78. The molecule has 122 valence electrons. The maximum Gasteiger partial charge on any atom is 0.269 e. The van der Waals surface area contributed by atoms with Crippen LogP contribution < -0.4 is 5.32 Å². The number of hydrogen-bond donors (Lipinski definition) is 1. The van der Waals surface area contributed by atoms with Gasteiger partial charge in [0.25, 0.3) is 5.91 Å². The first-order chi connectivity index (χ1) is 11.0. The van der Waals surface area contributed by atoms with Gasteiger partial charge in [0, 0.05) is 13.7 Å². The lowest BCUT2D eigenvalue weighted by Gasteiger charge is -2.20. The summed E-state index contributed by atoms with van der Waals surface area (Å²) in [7, 11) is 1.72. The second kappa shape index (κ2) is 6.29. The van der Waals surface area contributed by atoms with E-state index in [1.807, 2.05) is 6.92 Å². The van der Waals surface area contributed by atoms with E-state index in [4.69, 9.17) is 16.3 Å². The van der Waals surface area contributed by atoms with Crippen molar-refractivity contribution in [2.45, 2.75) is 25.5 Å². The van der Waals surface area contributed by atoms with Gasteiger partial charge in [0.1, 0.15) is 17.6 Å². The minimum atomic E-state index is -0.494. The first-order valence-electron chi connectivity index (χ1n) is 7.34. The van der Waals surface area contributed by atoms with Crippen molar-refractivity contribution >= 4 is 17.5 Å². The van der Waals surface area contributed by atoms with Gasteiger partial charge in [-0.25, -0.2) is 4.39 Å². The molecule has 1 amide bonds. The first kappa shape index (κ1) is 16.0. The molecule has 1 saturated heterocycles. The van der Waals surface area contributed by atoms with Gasteiger partial charge in [-0.15, -0.1) is 0 Å². The summed E-state index contributed by atoms with van der Waals surface area (Å²) >= 11 is 5.71. The summed E-state index contributed by atoms with van der Waals surface area (Å²) in [6.07, 6.45) is 0.275. The molecule has 1 aromatic carbocycles. The van der Waals surface area contributed by atoms with Crippen LogP contribution in [0.25, 0.3) is 0 Å². The van der Waals surface area contributed by atoms with E-state index in [0.717, 1.165) is 5.69 Å². The molecule has 0 saturated carbocycles. The van der Waals surface area contributed by atoms with Crippen molar-refractivity contribution in [3.05, 3.63) is 52.1 Å². The van der Waals surface area contributed by atoms with E-state index >= 15 is 0 Å². The highest BCUT2D eigenvalue weighted by Crippen LogP contribution is 2.31. The Morgan fingerprint density at radius 3 is 2.91 bits per heavy atom. The summed E-state index contributed by atoms with van der Waals surface area (Å²) in [4.78, 5) is 12.4. The fourth-order valence-electron chi connectivity index (χ4n) is 2.82. The summed E-state index contributed by atoms with van der Waals surface area (Å²) in [5.41, 5.74) is 1.92. The Kier molecular flexibility index (Phi) is 4.37. The number of benzene rings is 1. The first-order valence-corrected chi connectivity index (χ1v) is 7.71. The molecule has 2 unspecified atom stereocenters. The van der Waals surface area contributed by atoms with E-state index in [9.17, 15) is 9.18 Å². The number of carbonyl (C=O) groups is 1. The van der Waals surface area contributed by atoms with Crippen LogP contribution in [0.2, 0.25) is 5.02 Å². The molecule has 0 aliphatic carbocycles. The van der Waals surface area contributed by atoms with Gasteiger partial charge in [0.2, 0.25) is 0 Å². The Morgan fingerprint density at radius 2 is 2.26 bits per heavy atom. The van der Waals surface area contributed by atoms with Crippen molar-refractivity contribution in [3.8, 4) is 0 Å². The van der Waals surface area contributed by atoms with E-state index in [2.05, 4.69) is 10.4 Å². The average Bonchev–Trinajstić information content (AvgIpc) is 3.08. The van der Waals surface area contributed by atoms with Crippen molar-refractivity contribution < 1.29 is 13.9 Å². The normalized spacial score (nSPS) is 20.7. The van der Waals surface area contributed by atoms with Gasteiger partial charge in [-0.05, 0) is 37.1 Å². The zero-order chi connectivity index (χ0) is 16.6. The molecule has 0 bridgehead atoms. The molecule has 1 aliphatic heterocycles. The lowest BCUT2D eigenvalue weighted by atomic mass is 10.0. The monoisotopic (exact) mass is 337 g/mol. The van der Waals surface area contributed by atoms with Crippen LogP contribution in [-0.2, 0) is 11.8 Å². The number of aromatic nitrogens is 2. The third-order valence-corrected chi connectivity index (χ3v) is 4.22. The van der Waals surface area contributed by atoms with Crippen molar-refractivity contribution in [1.29, 1.82) is 0 Å². The number of hydrogen-bond acceptors (Lipinski definition) is 3. The van der Waals surface area contributed by atoms with E-state index in [1.165, 1.54) is 16.8 Å². The number of nitrogens with zero attached hydrogens (tertiary/aromatic N) is 2. The Balaban J connectivity index is 1.77. The molecule has 7 heteroatoms. The maximum absolute atomic E-state index is 13.7. The summed E-state index contributed by atoms with van der Waals surface area (Å²) in [5, 5.41) is 7.18. The molecule has 0 spiro atoms. The average molecular weight is 338 g/mol. The number of aryl methyl sites for hydroxylation is 2.